The number of carbonyl (C=O) groups excluding carboxylic acids is 1. The summed E-state index contributed by atoms with van der Waals surface area (Å²) in [5.41, 5.74) is -3.20. The molecule has 6 heteroatoms. The zero-order chi connectivity index (χ0) is 18.2. The third kappa shape index (κ3) is 3.68. The van der Waals surface area contributed by atoms with E-state index in [0.717, 1.165) is 12.8 Å². The van der Waals surface area contributed by atoms with E-state index >= 15 is 0 Å². The normalized spacial score (nSPS) is 34.7. The standard InChI is InChI=1S/C18H31NO5/c1-13-7-5-9-18(23,11-13)17(14(20)21)8-6-10-19(12-17)15(22)24-16(2,3)4/h13,23H,5-12H2,1-4H3,(H,20,21). The Morgan fingerprint density at radius 3 is 2.42 bits per heavy atom. The lowest BCUT2D eigenvalue weighted by molar-refractivity contribution is -0.186. The molecule has 6 nitrogen and oxygen atoms in total. The average molecular weight is 341 g/mol. The number of carbonyl (C=O) groups is 2. The SMILES string of the molecule is CC1CCCC(O)(C2(C(=O)O)CCCN(C(=O)OC(C)(C)C)C2)C1. The third-order valence-corrected chi connectivity index (χ3v) is 5.42. The van der Waals surface area contributed by atoms with Crippen molar-refractivity contribution in [2.24, 2.45) is 11.3 Å². The van der Waals surface area contributed by atoms with Gasteiger partial charge in [-0.05, 0) is 52.4 Å². The zero-order valence-corrected chi connectivity index (χ0v) is 15.3. The summed E-state index contributed by atoms with van der Waals surface area (Å²) in [5.74, 6) is -0.718. The number of aliphatic carboxylic acids is 1. The summed E-state index contributed by atoms with van der Waals surface area (Å²) < 4.78 is 5.40. The molecule has 3 atom stereocenters. The molecule has 138 valence electrons. The van der Waals surface area contributed by atoms with Crippen LogP contribution < -0.4 is 0 Å². The molecular formula is C18H31NO5. The van der Waals surface area contributed by atoms with Crippen LogP contribution >= 0.6 is 0 Å². The summed E-state index contributed by atoms with van der Waals surface area (Å²) in [4.78, 5) is 26.1. The quantitative estimate of drug-likeness (QED) is 0.806. The molecule has 0 aromatic carbocycles. The number of nitrogens with zero attached hydrogens (tertiary/aromatic N) is 1. The van der Waals surface area contributed by atoms with Crippen molar-refractivity contribution >= 4 is 12.1 Å². The van der Waals surface area contributed by atoms with Crippen molar-refractivity contribution in [2.75, 3.05) is 13.1 Å². The molecule has 1 amide bonds. The minimum atomic E-state index is -1.31. The minimum Gasteiger partial charge on any atom is -0.481 e. The Hall–Kier alpha value is -1.30. The summed E-state index contributed by atoms with van der Waals surface area (Å²) in [6.07, 6.45) is 3.23. The lowest BCUT2D eigenvalue weighted by Crippen LogP contribution is -2.63. The molecule has 1 saturated heterocycles. The molecule has 0 radical (unpaired) electrons. The minimum absolute atomic E-state index is 0.0144. The number of hydrogen-bond acceptors (Lipinski definition) is 4. The molecule has 0 aromatic heterocycles. The van der Waals surface area contributed by atoms with Crippen LogP contribution in [0, 0.1) is 11.3 Å². The van der Waals surface area contributed by atoms with Crippen LogP contribution in [0.25, 0.3) is 0 Å². The van der Waals surface area contributed by atoms with Crippen LogP contribution in [-0.2, 0) is 9.53 Å². The number of carboxylic acid groups (broad SMARTS) is 1. The summed E-state index contributed by atoms with van der Waals surface area (Å²) in [5, 5.41) is 21.2. The maximum absolute atomic E-state index is 12.4. The molecule has 2 aliphatic rings. The number of aliphatic hydroxyl groups is 1. The van der Waals surface area contributed by atoms with Crippen molar-refractivity contribution in [3.63, 3.8) is 0 Å². The fraction of sp³-hybridized carbons (Fsp3) is 0.889. The Balaban J connectivity index is 2.26. The number of amides is 1. The van der Waals surface area contributed by atoms with Gasteiger partial charge in [-0.1, -0.05) is 19.8 Å². The van der Waals surface area contributed by atoms with Gasteiger partial charge in [0, 0.05) is 13.1 Å². The lowest BCUT2D eigenvalue weighted by Gasteiger charge is -2.51. The van der Waals surface area contributed by atoms with Crippen molar-refractivity contribution in [2.45, 2.75) is 77.4 Å². The van der Waals surface area contributed by atoms with E-state index in [9.17, 15) is 19.8 Å². The largest absolute Gasteiger partial charge is 0.481 e. The second kappa shape index (κ2) is 6.54. The van der Waals surface area contributed by atoms with Gasteiger partial charge in [0.25, 0.3) is 0 Å². The van der Waals surface area contributed by atoms with E-state index in [1.165, 1.54) is 4.90 Å². The molecule has 0 spiro atoms. The van der Waals surface area contributed by atoms with E-state index in [1.807, 2.05) is 6.92 Å². The molecule has 2 rings (SSSR count). The molecule has 2 N–H and O–H groups in total. The zero-order valence-electron chi connectivity index (χ0n) is 15.3. The van der Waals surface area contributed by atoms with Crippen molar-refractivity contribution in [1.82, 2.24) is 4.90 Å². The van der Waals surface area contributed by atoms with Gasteiger partial charge in [-0.2, -0.15) is 0 Å². The molecule has 1 saturated carbocycles. The van der Waals surface area contributed by atoms with E-state index in [0.29, 0.717) is 32.2 Å². The van der Waals surface area contributed by atoms with Crippen LogP contribution in [0.2, 0.25) is 0 Å². The van der Waals surface area contributed by atoms with Gasteiger partial charge in [0.2, 0.25) is 0 Å². The van der Waals surface area contributed by atoms with Gasteiger partial charge in [-0.25, -0.2) is 4.79 Å². The Morgan fingerprint density at radius 1 is 1.21 bits per heavy atom. The summed E-state index contributed by atoms with van der Waals surface area (Å²) >= 11 is 0. The van der Waals surface area contributed by atoms with E-state index in [4.69, 9.17) is 4.74 Å². The highest BCUT2D eigenvalue weighted by Gasteiger charge is 2.59. The van der Waals surface area contributed by atoms with Crippen LogP contribution in [0.1, 0.15) is 66.2 Å². The second-order valence-corrected chi connectivity index (χ2v) is 8.63. The molecule has 24 heavy (non-hydrogen) atoms. The molecule has 0 bridgehead atoms. The van der Waals surface area contributed by atoms with Gasteiger partial charge in [0.1, 0.15) is 11.0 Å². The molecular weight excluding hydrogens is 310 g/mol. The van der Waals surface area contributed by atoms with Gasteiger partial charge < -0.3 is 19.8 Å². The lowest BCUT2D eigenvalue weighted by atomic mass is 9.60. The predicted octanol–water partition coefficient (Wildman–Crippen LogP) is 3.03. The van der Waals surface area contributed by atoms with Crippen LogP contribution in [-0.4, -0.2) is 51.5 Å². The molecule has 1 aliphatic heterocycles. The molecule has 1 aliphatic carbocycles. The molecule has 3 unspecified atom stereocenters. The maximum atomic E-state index is 12.4. The number of rotatable bonds is 2. The number of piperidine rings is 1. The fourth-order valence-corrected chi connectivity index (χ4v) is 4.25. The highest BCUT2D eigenvalue weighted by molar-refractivity contribution is 5.78. The van der Waals surface area contributed by atoms with E-state index in [-0.39, 0.29) is 12.5 Å². The number of hydrogen-bond donors (Lipinski definition) is 2. The highest BCUT2D eigenvalue weighted by atomic mass is 16.6. The Labute approximate surface area is 144 Å². The van der Waals surface area contributed by atoms with Gasteiger partial charge in [0.05, 0.1) is 5.60 Å². The summed E-state index contributed by atoms with van der Waals surface area (Å²) in [7, 11) is 0. The monoisotopic (exact) mass is 341 g/mol. The first kappa shape index (κ1) is 19.0. The average Bonchev–Trinajstić information content (AvgIpc) is 2.45. The first-order chi connectivity index (χ1) is 11.0. The van der Waals surface area contributed by atoms with Gasteiger partial charge in [-0.15, -0.1) is 0 Å². The van der Waals surface area contributed by atoms with Crippen molar-refractivity contribution in [3.05, 3.63) is 0 Å². The smallest absolute Gasteiger partial charge is 0.410 e. The van der Waals surface area contributed by atoms with E-state index in [2.05, 4.69) is 0 Å². The van der Waals surface area contributed by atoms with Crippen LogP contribution in [0.15, 0.2) is 0 Å². The molecule has 0 aromatic rings. The number of carboxylic acids is 1. The van der Waals surface area contributed by atoms with Crippen LogP contribution in [0.3, 0.4) is 0 Å². The highest BCUT2D eigenvalue weighted by Crippen LogP contribution is 2.49. The Morgan fingerprint density at radius 2 is 1.88 bits per heavy atom. The van der Waals surface area contributed by atoms with Gasteiger partial charge >= 0.3 is 12.1 Å². The Bertz CT molecular complexity index is 500. The summed E-state index contributed by atoms with van der Waals surface area (Å²) in [6.45, 7) is 7.89. The molecule has 1 heterocycles. The predicted molar refractivity (Wildman–Crippen MR) is 89.7 cm³/mol. The molecule has 2 fully saturated rings. The van der Waals surface area contributed by atoms with Gasteiger partial charge in [0.15, 0.2) is 0 Å². The second-order valence-electron chi connectivity index (χ2n) is 8.63. The topological polar surface area (TPSA) is 87.1 Å². The summed E-state index contributed by atoms with van der Waals surface area (Å²) in [6, 6.07) is 0. The first-order valence-electron chi connectivity index (χ1n) is 8.93. The maximum Gasteiger partial charge on any atom is 0.410 e. The van der Waals surface area contributed by atoms with E-state index < -0.39 is 28.7 Å². The number of likely N-dealkylation sites (tertiary alicyclic amines) is 1. The van der Waals surface area contributed by atoms with Crippen LogP contribution in [0.5, 0.6) is 0 Å². The first-order valence-corrected chi connectivity index (χ1v) is 8.93. The van der Waals surface area contributed by atoms with Crippen molar-refractivity contribution < 1.29 is 24.5 Å². The fourth-order valence-electron chi connectivity index (χ4n) is 4.25. The number of ether oxygens (including phenoxy) is 1. The van der Waals surface area contributed by atoms with Gasteiger partial charge in [-0.3, -0.25) is 4.79 Å². The van der Waals surface area contributed by atoms with Crippen molar-refractivity contribution in [1.29, 1.82) is 0 Å². The van der Waals surface area contributed by atoms with E-state index in [1.54, 1.807) is 20.8 Å². The Kier molecular flexibility index (Phi) is 5.19. The van der Waals surface area contributed by atoms with Crippen LogP contribution in [0.4, 0.5) is 4.79 Å². The van der Waals surface area contributed by atoms with Crippen molar-refractivity contribution in [3.8, 4) is 0 Å². The third-order valence-electron chi connectivity index (χ3n) is 5.42.